The maximum absolute atomic E-state index is 11.9. The number of nitrogens with zero attached hydrogens (tertiary/aromatic N) is 1. The van der Waals surface area contributed by atoms with Gasteiger partial charge in [0.05, 0.1) is 36.5 Å². The molecule has 25 heavy (non-hydrogen) atoms. The highest BCUT2D eigenvalue weighted by molar-refractivity contribution is 7.91. The van der Waals surface area contributed by atoms with Gasteiger partial charge in [0.1, 0.15) is 6.61 Å². The summed E-state index contributed by atoms with van der Waals surface area (Å²) >= 11 is 0. The molecule has 140 valence electrons. The third kappa shape index (κ3) is 5.23. The lowest BCUT2D eigenvalue weighted by Gasteiger charge is -2.26. The molecular weight excluding hydrogens is 348 g/mol. The highest BCUT2D eigenvalue weighted by Gasteiger charge is 2.21. The number of methoxy groups -OCH3 is 1. The summed E-state index contributed by atoms with van der Waals surface area (Å²) in [5.74, 6) is 0.658. The number of hydrogen-bond donors (Lipinski definition) is 1. The number of nitrogens with two attached hydrogens (primary N) is 1. The molecule has 9 heteroatoms. The normalized spacial score (nSPS) is 17.0. The molecule has 1 saturated heterocycles. The van der Waals surface area contributed by atoms with Gasteiger partial charge in [-0.05, 0) is 6.92 Å². The quantitative estimate of drug-likeness (QED) is 0.546. The molecule has 8 nitrogen and oxygen atoms in total. The number of esters is 1. The Morgan fingerprint density at radius 3 is 2.52 bits per heavy atom. The first kappa shape index (κ1) is 19.3. The van der Waals surface area contributed by atoms with Crippen LogP contribution < -0.4 is 15.2 Å². The number of carbonyl (C=O) groups is 1. The third-order valence-corrected chi connectivity index (χ3v) is 5.54. The third-order valence-electron chi connectivity index (χ3n) is 3.93. The van der Waals surface area contributed by atoms with E-state index in [-0.39, 0.29) is 29.4 Å². The van der Waals surface area contributed by atoms with Crippen LogP contribution in [0.2, 0.25) is 0 Å². The van der Waals surface area contributed by atoms with E-state index in [9.17, 15) is 13.2 Å². The lowest BCUT2D eigenvalue weighted by atomic mass is 10.1. The summed E-state index contributed by atoms with van der Waals surface area (Å²) in [5.41, 5.74) is 6.38. The van der Waals surface area contributed by atoms with E-state index < -0.39 is 15.8 Å². The minimum Gasteiger partial charge on any atom is -0.493 e. The number of rotatable bonds is 7. The Labute approximate surface area is 147 Å². The lowest BCUT2D eigenvalue weighted by molar-refractivity contribution is 0.0527. The van der Waals surface area contributed by atoms with Crippen molar-refractivity contribution in [3.8, 4) is 11.5 Å². The first-order valence-electron chi connectivity index (χ1n) is 8.06. The van der Waals surface area contributed by atoms with Crippen molar-refractivity contribution >= 4 is 21.5 Å². The minimum absolute atomic E-state index is 0.178. The van der Waals surface area contributed by atoms with Crippen LogP contribution in [-0.4, -0.2) is 70.8 Å². The zero-order valence-electron chi connectivity index (χ0n) is 14.5. The molecule has 0 aliphatic carbocycles. The lowest BCUT2D eigenvalue weighted by Crippen LogP contribution is -2.42. The van der Waals surface area contributed by atoms with E-state index in [0.29, 0.717) is 37.7 Å². The van der Waals surface area contributed by atoms with E-state index in [1.807, 2.05) is 4.90 Å². The van der Waals surface area contributed by atoms with Crippen LogP contribution in [0.3, 0.4) is 0 Å². The SMILES string of the molecule is CCOC(=O)c1cc(OC)c(OCCN2CCS(=O)(=O)CC2)cc1N. The maximum atomic E-state index is 11.9. The summed E-state index contributed by atoms with van der Waals surface area (Å²) in [6.45, 7) is 3.94. The molecule has 1 aromatic rings. The van der Waals surface area contributed by atoms with Gasteiger partial charge in [0.2, 0.25) is 0 Å². The van der Waals surface area contributed by atoms with Gasteiger partial charge in [-0.1, -0.05) is 0 Å². The van der Waals surface area contributed by atoms with E-state index in [2.05, 4.69) is 0 Å². The van der Waals surface area contributed by atoms with Gasteiger partial charge in [0.15, 0.2) is 21.3 Å². The van der Waals surface area contributed by atoms with Crippen molar-refractivity contribution in [3.63, 3.8) is 0 Å². The number of ether oxygens (including phenoxy) is 3. The zero-order valence-corrected chi connectivity index (χ0v) is 15.3. The molecule has 1 aromatic carbocycles. The molecule has 2 rings (SSSR count). The highest BCUT2D eigenvalue weighted by atomic mass is 32.2. The van der Waals surface area contributed by atoms with Crippen LogP contribution in [-0.2, 0) is 14.6 Å². The van der Waals surface area contributed by atoms with Crippen molar-refractivity contribution in [2.45, 2.75) is 6.92 Å². The van der Waals surface area contributed by atoms with Crippen LogP contribution in [0.15, 0.2) is 12.1 Å². The molecule has 0 radical (unpaired) electrons. The summed E-state index contributed by atoms with van der Waals surface area (Å²) < 4.78 is 38.8. The van der Waals surface area contributed by atoms with Crippen molar-refractivity contribution in [3.05, 3.63) is 17.7 Å². The second-order valence-corrected chi connectivity index (χ2v) is 7.96. The van der Waals surface area contributed by atoms with Gasteiger partial charge < -0.3 is 19.9 Å². The smallest absolute Gasteiger partial charge is 0.340 e. The first-order valence-corrected chi connectivity index (χ1v) is 9.88. The molecule has 1 fully saturated rings. The molecule has 1 heterocycles. The molecule has 0 bridgehead atoms. The predicted octanol–water partition coefficient (Wildman–Crippen LogP) is 0.563. The molecule has 0 amide bonds. The number of carbonyl (C=O) groups excluding carboxylic acids is 1. The Bertz CT molecular complexity index is 706. The second-order valence-electron chi connectivity index (χ2n) is 5.65. The summed E-state index contributed by atoms with van der Waals surface area (Å²) in [7, 11) is -1.41. The van der Waals surface area contributed by atoms with Crippen molar-refractivity contribution < 1.29 is 27.4 Å². The standard InChI is InChI=1S/C16H24N2O6S/c1-3-23-16(19)12-10-14(22-2)15(11-13(12)17)24-7-4-18-5-8-25(20,21)9-6-18/h10-11H,3-9,17H2,1-2H3. The maximum Gasteiger partial charge on any atom is 0.340 e. The monoisotopic (exact) mass is 372 g/mol. The molecule has 1 aliphatic rings. The van der Waals surface area contributed by atoms with Gasteiger partial charge >= 0.3 is 5.97 Å². The Balaban J connectivity index is 1.97. The van der Waals surface area contributed by atoms with E-state index in [4.69, 9.17) is 19.9 Å². The van der Waals surface area contributed by atoms with Gasteiger partial charge in [-0.3, -0.25) is 4.90 Å². The number of sulfone groups is 1. The van der Waals surface area contributed by atoms with Gasteiger partial charge in [-0.25, -0.2) is 13.2 Å². The Hall–Kier alpha value is -2.00. The Kier molecular flexibility index (Phi) is 6.49. The minimum atomic E-state index is -2.89. The fourth-order valence-electron chi connectivity index (χ4n) is 2.49. The zero-order chi connectivity index (χ0) is 18.4. The van der Waals surface area contributed by atoms with Crippen molar-refractivity contribution in [1.29, 1.82) is 0 Å². The second kappa shape index (κ2) is 8.39. The molecule has 0 saturated carbocycles. The van der Waals surface area contributed by atoms with E-state index in [0.717, 1.165) is 0 Å². The van der Waals surface area contributed by atoms with Crippen LogP contribution in [0.1, 0.15) is 17.3 Å². The van der Waals surface area contributed by atoms with Gasteiger partial charge in [0.25, 0.3) is 0 Å². The van der Waals surface area contributed by atoms with Crippen LogP contribution in [0.25, 0.3) is 0 Å². The summed E-state index contributed by atoms with van der Waals surface area (Å²) in [6, 6.07) is 3.03. The van der Waals surface area contributed by atoms with Gasteiger partial charge in [-0.15, -0.1) is 0 Å². The van der Waals surface area contributed by atoms with E-state index >= 15 is 0 Å². The fraction of sp³-hybridized carbons (Fsp3) is 0.562. The van der Waals surface area contributed by atoms with Crippen LogP contribution in [0, 0.1) is 0 Å². The molecule has 0 unspecified atom stereocenters. The average Bonchev–Trinajstić information content (AvgIpc) is 2.56. The summed E-state index contributed by atoms with van der Waals surface area (Å²) in [4.78, 5) is 13.9. The Morgan fingerprint density at radius 2 is 1.92 bits per heavy atom. The van der Waals surface area contributed by atoms with Crippen LogP contribution >= 0.6 is 0 Å². The van der Waals surface area contributed by atoms with Crippen molar-refractivity contribution in [2.24, 2.45) is 0 Å². The number of benzene rings is 1. The van der Waals surface area contributed by atoms with Crippen LogP contribution in [0.4, 0.5) is 5.69 Å². The number of hydrogen-bond acceptors (Lipinski definition) is 8. The number of nitrogen functional groups attached to an aromatic ring is 1. The van der Waals surface area contributed by atoms with E-state index in [1.165, 1.54) is 19.2 Å². The summed E-state index contributed by atoms with van der Waals surface area (Å²) in [6.07, 6.45) is 0. The van der Waals surface area contributed by atoms with Crippen molar-refractivity contribution in [2.75, 3.05) is 57.2 Å². The van der Waals surface area contributed by atoms with E-state index in [1.54, 1.807) is 6.92 Å². The van der Waals surface area contributed by atoms with Crippen LogP contribution in [0.5, 0.6) is 11.5 Å². The number of anilines is 1. The molecule has 1 aliphatic heterocycles. The molecular formula is C16H24N2O6S. The summed E-state index contributed by atoms with van der Waals surface area (Å²) in [5, 5.41) is 0. The predicted molar refractivity (Wildman–Crippen MR) is 94.0 cm³/mol. The molecule has 0 spiro atoms. The average molecular weight is 372 g/mol. The largest absolute Gasteiger partial charge is 0.493 e. The van der Waals surface area contributed by atoms with Crippen molar-refractivity contribution in [1.82, 2.24) is 4.90 Å². The Morgan fingerprint density at radius 1 is 1.24 bits per heavy atom. The molecule has 0 aromatic heterocycles. The molecule has 0 atom stereocenters. The fourth-order valence-corrected chi connectivity index (χ4v) is 3.77. The highest BCUT2D eigenvalue weighted by Crippen LogP contribution is 2.32. The van der Waals surface area contributed by atoms with Gasteiger partial charge in [-0.2, -0.15) is 0 Å². The van der Waals surface area contributed by atoms with Gasteiger partial charge in [0, 0.05) is 31.8 Å². The first-order chi connectivity index (χ1) is 11.9. The topological polar surface area (TPSA) is 108 Å². The molecule has 2 N–H and O–H groups in total.